The summed E-state index contributed by atoms with van der Waals surface area (Å²) in [5.74, 6) is 1.50. The van der Waals surface area contributed by atoms with Crippen LogP contribution in [0.4, 0.5) is 0 Å². The summed E-state index contributed by atoms with van der Waals surface area (Å²) >= 11 is 1.70. The van der Waals surface area contributed by atoms with Crippen LogP contribution in [0, 0.1) is 0 Å². The van der Waals surface area contributed by atoms with Gasteiger partial charge in [0, 0.05) is 29.9 Å². The Labute approximate surface area is 94.5 Å². The lowest BCUT2D eigenvalue weighted by molar-refractivity contribution is 1.11. The summed E-state index contributed by atoms with van der Waals surface area (Å²) in [7, 11) is 0. The Kier molecular flexibility index (Phi) is 4.90. The average Bonchev–Trinajstić information content (AvgIpc) is 2.25. The van der Waals surface area contributed by atoms with Gasteiger partial charge in [0.05, 0.1) is 0 Å². The van der Waals surface area contributed by atoms with E-state index in [4.69, 9.17) is 5.73 Å². The molecule has 1 aromatic rings. The highest BCUT2D eigenvalue weighted by atomic mass is 32.2. The van der Waals surface area contributed by atoms with Crippen LogP contribution in [0.1, 0.15) is 19.7 Å². The number of hydrogen-bond acceptors (Lipinski definition) is 4. The predicted octanol–water partition coefficient (Wildman–Crippen LogP) is 2.43. The van der Waals surface area contributed by atoms with Crippen molar-refractivity contribution < 1.29 is 0 Å². The van der Waals surface area contributed by atoms with Crippen LogP contribution in [0.3, 0.4) is 0 Å². The van der Waals surface area contributed by atoms with Crippen LogP contribution in [0.2, 0.25) is 0 Å². The first-order chi connectivity index (χ1) is 7.24. The number of allylic oxidation sites excluding steroid dienone is 1. The molecule has 0 atom stereocenters. The minimum atomic E-state index is 0.703. The monoisotopic (exact) mass is 221 g/mol. The molecule has 0 fully saturated rings. The lowest BCUT2D eigenvalue weighted by Crippen LogP contribution is -1.97. The zero-order valence-electron chi connectivity index (χ0n) is 8.97. The summed E-state index contributed by atoms with van der Waals surface area (Å²) in [6.45, 7) is 4.13. The maximum absolute atomic E-state index is 5.55. The van der Waals surface area contributed by atoms with Gasteiger partial charge < -0.3 is 5.73 Å². The average molecular weight is 221 g/mol. The van der Waals surface area contributed by atoms with Crippen molar-refractivity contribution in [2.45, 2.75) is 13.8 Å². The molecule has 15 heavy (non-hydrogen) atoms. The third-order valence-corrected chi connectivity index (χ3v) is 2.73. The number of nitrogens with two attached hydrogens (primary N) is 1. The minimum absolute atomic E-state index is 0.703. The molecule has 0 aliphatic heterocycles. The van der Waals surface area contributed by atoms with Crippen LogP contribution in [-0.2, 0) is 0 Å². The Morgan fingerprint density at radius 1 is 1.40 bits per heavy atom. The molecule has 0 amide bonds. The summed E-state index contributed by atoms with van der Waals surface area (Å²) in [6, 6.07) is 1.79. The van der Waals surface area contributed by atoms with E-state index in [1.54, 1.807) is 36.4 Å². The fraction of sp³-hybridized carbons (Fsp3) is 0.273. The molecular formula is C11H15N3S. The van der Waals surface area contributed by atoms with E-state index in [2.05, 4.69) is 29.2 Å². The number of hydrogen-bond donors (Lipinski definition) is 1. The van der Waals surface area contributed by atoms with Gasteiger partial charge in [0.1, 0.15) is 0 Å². The molecule has 0 unspecified atom stereocenters. The zero-order chi connectivity index (χ0) is 11.1. The second-order valence-corrected chi connectivity index (χ2v) is 4.13. The summed E-state index contributed by atoms with van der Waals surface area (Å²) in [5, 5.41) is 2.10. The van der Waals surface area contributed by atoms with Crippen molar-refractivity contribution in [3.8, 4) is 0 Å². The zero-order valence-corrected chi connectivity index (χ0v) is 9.79. The summed E-state index contributed by atoms with van der Waals surface area (Å²) < 4.78 is 0. The van der Waals surface area contributed by atoms with Crippen LogP contribution in [0.25, 0.3) is 5.57 Å². The highest BCUT2D eigenvalue weighted by Crippen LogP contribution is 2.16. The second-order valence-electron chi connectivity index (χ2n) is 3.27. The predicted molar refractivity (Wildman–Crippen MR) is 66.1 cm³/mol. The highest BCUT2D eigenvalue weighted by molar-refractivity contribution is 8.02. The first-order valence-corrected chi connectivity index (χ1v) is 5.72. The Bertz CT molecular complexity index is 353. The Morgan fingerprint density at radius 3 is 2.60 bits per heavy atom. The normalized spacial score (nSPS) is 11.2. The quantitative estimate of drug-likeness (QED) is 0.848. The van der Waals surface area contributed by atoms with Crippen molar-refractivity contribution in [1.82, 2.24) is 9.97 Å². The van der Waals surface area contributed by atoms with Crippen molar-refractivity contribution in [3.05, 3.63) is 41.5 Å². The number of aromatic nitrogens is 2. The molecule has 0 saturated carbocycles. The topological polar surface area (TPSA) is 51.8 Å². The van der Waals surface area contributed by atoms with Crippen LogP contribution < -0.4 is 5.73 Å². The van der Waals surface area contributed by atoms with Crippen molar-refractivity contribution in [1.29, 1.82) is 0 Å². The van der Waals surface area contributed by atoms with Crippen LogP contribution in [0.15, 0.2) is 35.6 Å². The van der Waals surface area contributed by atoms with Gasteiger partial charge in [-0.05, 0) is 25.3 Å². The molecule has 0 aliphatic rings. The van der Waals surface area contributed by atoms with E-state index >= 15 is 0 Å². The van der Waals surface area contributed by atoms with E-state index in [0.717, 1.165) is 11.3 Å². The van der Waals surface area contributed by atoms with Gasteiger partial charge in [0.15, 0.2) is 5.82 Å². The lowest BCUT2D eigenvalue weighted by Gasteiger charge is -2.02. The van der Waals surface area contributed by atoms with E-state index in [-0.39, 0.29) is 0 Å². The number of rotatable bonds is 4. The largest absolute Gasteiger partial charge is 0.404 e. The van der Waals surface area contributed by atoms with Crippen molar-refractivity contribution >= 4 is 17.3 Å². The second kappa shape index (κ2) is 6.24. The molecule has 3 nitrogen and oxygen atoms in total. The Morgan fingerprint density at radius 2 is 2.07 bits per heavy atom. The van der Waals surface area contributed by atoms with Gasteiger partial charge in [0.2, 0.25) is 0 Å². The van der Waals surface area contributed by atoms with Gasteiger partial charge >= 0.3 is 0 Å². The van der Waals surface area contributed by atoms with Crippen molar-refractivity contribution in [2.24, 2.45) is 5.73 Å². The van der Waals surface area contributed by atoms with E-state index in [1.165, 1.54) is 5.57 Å². The Hall–Kier alpha value is -1.29. The summed E-state index contributed by atoms with van der Waals surface area (Å²) in [4.78, 5) is 8.31. The molecule has 0 spiro atoms. The molecule has 4 heteroatoms. The summed E-state index contributed by atoms with van der Waals surface area (Å²) in [6.07, 6.45) is 5.01. The highest BCUT2D eigenvalue weighted by Gasteiger charge is 2.02. The van der Waals surface area contributed by atoms with Gasteiger partial charge in [0.25, 0.3) is 0 Å². The minimum Gasteiger partial charge on any atom is -0.404 e. The molecule has 1 heterocycles. The molecule has 2 N–H and O–H groups in total. The smallest absolute Gasteiger partial charge is 0.157 e. The molecule has 1 rings (SSSR count). The molecule has 0 bridgehead atoms. The standard InChI is InChI=1S/C11H15N3S/c1-9(2)7-15-8-10(6-12)11-13-4-3-5-14-11/h3-7H,8,12H2,1-2H3. The van der Waals surface area contributed by atoms with Crippen molar-refractivity contribution in [2.75, 3.05) is 5.75 Å². The van der Waals surface area contributed by atoms with E-state index in [0.29, 0.717) is 5.82 Å². The number of nitrogens with zero attached hydrogens (tertiary/aromatic N) is 2. The molecule has 1 aromatic heterocycles. The third-order valence-electron chi connectivity index (χ3n) is 1.61. The van der Waals surface area contributed by atoms with E-state index in [9.17, 15) is 0 Å². The fourth-order valence-electron chi connectivity index (χ4n) is 0.950. The molecule has 80 valence electrons. The molecule has 0 radical (unpaired) electrons. The molecule has 0 aromatic carbocycles. The van der Waals surface area contributed by atoms with Gasteiger partial charge in [-0.15, -0.1) is 11.8 Å². The first-order valence-electron chi connectivity index (χ1n) is 4.67. The van der Waals surface area contributed by atoms with Gasteiger partial charge in [-0.3, -0.25) is 0 Å². The van der Waals surface area contributed by atoms with E-state index in [1.807, 2.05) is 0 Å². The SMILES string of the molecule is CC(C)=CSCC(=CN)c1ncccn1. The van der Waals surface area contributed by atoms with Gasteiger partial charge in [-0.2, -0.15) is 0 Å². The Balaban J connectivity index is 2.63. The maximum Gasteiger partial charge on any atom is 0.157 e. The van der Waals surface area contributed by atoms with Crippen molar-refractivity contribution in [3.63, 3.8) is 0 Å². The fourth-order valence-corrected chi connectivity index (χ4v) is 1.77. The molecular weight excluding hydrogens is 206 g/mol. The van der Waals surface area contributed by atoms with Crippen LogP contribution >= 0.6 is 11.8 Å². The molecule has 0 saturated heterocycles. The lowest BCUT2D eigenvalue weighted by atomic mass is 10.3. The van der Waals surface area contributed by atoms with Crippen LogP contribution in [0.5, 0.6) is 0 Å². The van der Waals surface area contributed by atoms with Gasteiger partial charge in [-0.1, -0.05) is 5.57 Å². The third kappa shape index (κ3) is 4.16. The van der Waals surface area contributed by atoms with E-state index < -0.39 is 0 Å². The molecule has 0 aliphatic carbocycles. The first kappa shape index (κ1) is 11.8. The van der Waals surface area contributed by atoms with Crippen LogP contribution in [-0.4, -0.2) is 15.7 Å². The number of thioether (sulfide) groups is 1. The maximum atomic E-state index is 5.55. The summed E-state index contributed by atoms with van der Waals surface area (Å²) in [5.41, 5.74) is 7.78. The van der Waals surface area contributed by atoms with Gasteiger partial charge in [-0.25, -0.2) is 9.97 Å².